The molecular weight excluding hydrogens is 897 g/mol. The molecule has 7 saturated carbocycles. The number of fused-ring (bicyclic) bond motifs is 7. The first-order valence-electron chi connectivity index (χ1n) is 33.5. The van der Waals surface area contributed by atoms with E-state index in [-0.39, 0.29) is 0 Å². The Morgan fingerprint density at radius 3 is 2.14 bits per heavy atom. The number of rotatable bonds is 10. The summed E-state index contributed by atoms with van der Waals surface area (Å²) in [6.45, 7) is 4.14. The van der Waals surface area contributed by atoms with Crippen LogP contribution >= 0.6 is 0 Å². The molecule has 0 aromatic carbocycles. The van der Waals surface area contributed by atoms with Crippen LogP contribution in [0.1, 0.15) is 231 Å². The quantitative estimate of drug-likeness (QED) is 0.203. The standard InChI is InChI=1S/C71H104N2O/c1-2-48-25-37-61(38-26-48)74-62-39-32-56(33-40-62)71(55-17-5-3-6-18-55)67-23-13-11-21-63(67)64-41-36-60(47-68(64)71)72(58-34-29-49-15-9-10-16-50(49)44-58)59-35-30-52-43-51(27-28-53(52)45-59)54-31-42-70-66(46-54)65-22-12-14-24-69(65)73(70)57-19-7-4-8-20-57/h2,5,9,11,15,17,19,21,31,42,48-56,58-62,64-66,68-70H,1,3-4,6-8,10,12-14,16,18,20,22-30,32-41,43-47H2. The summed E-state index contributed by atoms with van der Waals surface area (Å²) in [7, 11) is 0. The fourth-order valence-electron chi connectivity index (χ4n) is 22.8. The fourth-order valence-corrected chi connectivity index (χ4v) is 22.8. The minimum absolute atomic E-state index is 0.357. The minimum atomic E-state index is 0.357. The normalized spacial score (nSPS) is 48.0. The summed E-state index contributed by atoms with van der Waals surface area (Å²) in [4.78, 5) is 6.51. The van der Waals surface area contributed by atoms with Crippen LogP contribution in [-0.2, 0) is 4.74 Å². The Balaban J connectivity index is 0.709. The van der Waals surface area contributed by atoms with Crippen LogP contribution in [0.25, 0.3) is 0 Å². The van der Waals surface area contributed by atoms with E-state index in [0.29, 0.717) is 29.6 Å². The monoisotopic (exact) mass is 1000 g/mol. The maximum Gasteiger partial charge on any atom is 0.0579 e. The average Bonchev–Trinajstić information content (AvgIpc) is 3.99. The third-order valence-corrected chi connectivity index (χ3v) is 26.0. The van der Waals surface area contributed by atoms with Gasteiger partial charge in [-0.2, -0.15) is 0 Å². The van der Waals surface area contributed by atoms with Crippen molar-refractivity contribution >= 4 is 0 Å². The van der Waals surface area contributed by atoms with Gasteiger partial charge in [0.05, 0.1) is 18.2 Å². The maximum absolute atomic E-state index is 7.09. The first-order chi connectivity index (χ1) is 36.6. The van der Waals surface area contributed by atoms with Crippen LogP contribution in [0.5, 0.6) is 0 Å². The minimum Gasteiger partial charge on any atom is -0.375 e. The van der Waals surface area contributed by atoms with Crippen molar-refractivity contribution < 1.29 is 4.74 Å². The SMILES string of the molecule is C=CC1CCC(OC2CCC(C3(C4C=CCCC4)C4=C(C=CCC4)C4CCC(N(C5CCC6C=CCCC6C5)C5CCC6CC(C7C=CC8C(C7)C7CCCCC7N8C7=CCCCC7)CCC6C5)CC43)CC2)CC1. The molecule has 0 radical (unpaired) electrons. The van der Waals surface area contributed by atoms with Crippen molar-refractivity contribution in [3.05, 3.63) is 84.2 Å². The summed E-state index contributed by atoms with van der Waals surface area (Å²) in [5.41, 5.74) is 6.00. The Labute approximate surface area is 452 Å². The lowest BCUT2D eigenvalue weighted by atomic mass is 9.50. The summed E-state index contributed by atoms with van der Waals surface area (Å²) in [6.07, 6.45) is 78.5. The highest BCUT2D eigenvalue weighted by atomic mass is 16.5. The largest absolute Gasteiger partial charge is 0.375 e. The van der Waals surface area contributed by atoms with E-state index in [1.54, 1.807) is 12.1 Å². The lowest BCUT2D eigenvalue weighted by Gasteiger charge is -2.57. The Kier molecular flexibility index (Phi) is 14.8. The van der Waals surface area contributed by atoms with Gasteiger partial charge >= 0.3 is 0 Å². The molecule has 1 aliphatic heterocycles. The highest BCUT2D eigenvalue weighted by Crippen LogP contribution is 2.69. The molecule has 0 aromatic heterocycles. The lowest BCUT2D eigenvalue weighted by Crippen LogP contribution is -2.57. The zero-order chi connectivity index (χ0) is 49.2. The van der Waals surface area contributed by atoms with Crippen molar-refractivity contribution in [3.8, 4) is 0 Å². The van der Waals surface area contributed by atoms with E-state index in [2.05, 4.69) is 77.1 Å². The number of ether oxygens (including phenoxy) is 1. The number of nitrogens with zero attached hydrogens (tertiary/aromatic N) is 2. The Morgan fingerprint density at radius 1 is 0.541 bits per heavy atom. The maximum atomic E-state index is 7.09. The second-order valence-corrected chi connectivity index (χ2v) is 29.0. The van der Waals surface area contributed by atoms with Gasteiger partial charge in [0.2, 0.25) is 0 Å². The molecule has 8 fully saturated rings. The predicted octanol–water partition coefficient (Wildman–Crippen LogP) is 18.0. The molecule has 3 nitrogen and oxygen atoms in total. The molecule has 14 aliphatic rings. The van der Waals surface area contributed by atoms with E-state index < -0.39 is 0 Å². The number of hydrogen-bond donors (Lipinski definition) is 0. The molecule has 0 spiro atoms. The van der Waals surface area contributed by atoms with Crippen molar-refractivity contribution in [1.82, 2.24) is 9.80 Å². The summed E-state index contributed by atoms with van der Waals surface area (Å²) in [5.74, 6) is 11.2. The van der Waals surface area contributed by atoms with E-state index in [4.69, 9.17) is 4.74 Å². The van der Waals surface area contributed by atoms with Gasteiger partial charge < -0.3 is 9.64 Å². The van der Waals surface area contributed by atoms with Gasteiger partial charge in [0.1, 0.15) is 0 Å². The van der Waals surface area contributed by atoms with Crippen LogP contribution in [0.2, 0.25) is 0 Å². The molecule has 404 valence electrons. The van der Waals surface area contributed by atoms with E-state index in [1.165, 1.54) is 225 Å². The Bertz CT molecular complexity index is 2160. The molecule has 1 heterocycles. The smallest absolute Gasteiger partial charge is 0.0579 e. The molecule has 0 bridgehead atoms. The summed E-state index contributed by atoms with van der Waals surface area (Å²) < 4.78 is 7.09. The van der Waals surface area contributed by atoms with Gasteiger partial charge in [-0.05, 0) is 301 Å². The molecule has 13 aliphatic carbocycles. The van der Waals surface area contributed by atoms with Gasteiger partial charge in [-0.3, -0.25) is 4.90 Å². The molecule has 1 saturated heterocycles. The third kappa shape index (κ3) is 9.20. The molecule has 17 unspecified atom stereocenters. The van der Waals surface area contributed by atoms with E-state index >= 15 is 0 Å². The van der Waals surface area contributed by atoms with E-state index in [9.17, 15) is 0 Å². The zero-order valence-electron chi connectivity index (χ0n) is 46.8. The van der Waals surface area contributed by atoms with Gasteiger partial charge in [0.15, 0.2) is 0 Å². The molecular formula is C71H104N2O. The number of hydrogen-bond acceptors (Lipinski definition) is 3. The number of allylic oxidation sites excluding steroid dienone is 12. The molecule has 17 atom stereocenters. The van der Waals surface area contributed by atoms with Crippen LogP contribution in [0.4, 0.5) is 0 Å². The first kappa shape index (κ1) is 50.1. The predicted molar refractivity (Wildman–Crippen MR) is 307 cm³/mol. The third-order valence-electron chi connectivity index (χ3n) is 26.0. The Morgan fingerprint density at radius 2 is 1.30 bits per heavy atom. The van der Waals surface area contributed by atoms with Crippen molar-refractivity contribution in [2.24, 2.45) is 82.3 Å². The fraction of sp³-hybridized carbons (Fsp3) is 0.803. The van der Waals surface area contributed by atoms with Gasteiger partial charge in [0.25, 0.3) is 0 Å². The average molecular weight is 1000 g/mol. The van der Waals surface area contributed by atoms with Crippen molar-refractivity contribution in [3.63, 3.8) is 0 Å². The van der Waals surface area contributed by atoms with Crippen LogP contribution in [0.3, 0.4) is 0 Å². The topological polar surface area (TPSA) is 15.7 Å². The molecule has 3 heteroatoms. The molecule has 0 amide bonds. The van der Waals surface area contributed by atoms with Crippen LogP contribution in [-0.4, -0.2) is 52.2 Å². The van der Waals surface area contributed by atoms with Crippen molar-refractivity contribution in [2.75, 3.05) is 0 Å². The van der Waals surface area contributed by atoms with Crippen LogP contribution in [0, 0.1) is 82.3 Å². The molecule has 0 N–H and O–H groups in total. The van der Waals surface area contributed by atoms with Gasteiger partial charge in [-0.15, -0.1) is 6.58 Å². The molecule has 74 heavy (non-hydrogen) atoms. The van der Waals surface area contributed by atoms with Gasteiger partial charge in [-0.25, -0.2) is 0 Å². The van der Waals surface area contributed by atoms with Gasteiger partial charge in [-0.1, -0.05) is 79.2 Å². The molecule has 14 rings (SSSR count). The summed E-state index contributed by atoms with van der Waals surface area (Å²) in [6, 6.07) is 3.94. The lowest BCUT2D eigenvalue weighted by molar-refractivity contribution is -0.0840. The van der Waals surface area contributed by atoms with Gasteiger partial charge in [0, 0.05) is 35.3 Å². The first-order valence-corrected chi connectivity index (χ1v) is 33.5. The Hall–Kier alpha value is -2.10. The van der Waals surface area contributed by atoms with E-state index in [1.807, 2.05) is 11.1 Å². The summed E-state index contributed by atoms with van der Waals surface area (Å²) in [5, 5.41) is 0. The zero-order valence-corrected chi connectivity index (χ0v) is 46.8. The van der Waals surface area contributed by atoms with Crippen molar-refractivity contribution in [2.45, 2.75) is 274 Å². The number of likely N-dealkylation sites (tertiary alicyclic amines) is 1. The van der Waals surface area contributed by atoms with E-state index in [0.717, 1.165) is 95.2 Å². The second-order valence-electron chi connectivity index (χ2n) is 29.0. The van der Waals surface area contributed by atoms with Crippen LogP contribution < -0.4 is 0 Å². The second kappa shape index (κ2) is 21.9. The highest BCUT2D eigenvalue weighted by Gasteiger charge is 2.62. The van der Waals surface area contributed by atoms with Crippen LogP contribution in [0.15, 0.2) is 84.2 Å². The molecule has 0 aromatic rings. The van der Waals surface area contributed by atoms with Crippen molar-refractivity contribution in [1.29, 1.82) is 0 Å². The summed E-state index contributed by atoms with van der Waals surface area (Å²) >= 11 is 0. The highest BCUT2D eigenvalue weighted by molar-refractivity contribution is 5.45.